The zero-order valence-electron chi connectivity index (χ0n) is 19.2. The van der Waals surface area contributed by atoms with Gasteiger partial charge in [0.2, 0.25) is 10.0 Å². The van der Waals surface area contributed by atoms with Crippen LogP contribution in [0.3, 0.4) is 0 Å². The third-order valence-electron chi connectivity index (χ3n) is 5.87. The number of hydrogen-bond donors (Lipinski definition) is 1. The molecular weight excluding hydrogens is 466 g/mol. The lowest BCUT2D eigenvalue weighted by atomic mass is 10.1. The molecule has 3 aromatic carbocycles. The summed E-state index contributed by atoms with van der Waals surface area (Å²) < 4.78 is 33.1. The van der Waals surface area contributed by atoms with E-state index in [2.05, 4.69) is 6.07 Å². The molecule has 1 amide bonds. The lowest BCUT2D eigenvalue weighted by Crippen LogP contribution is -2.50. The van der Waals surface area contributed by atoms with Gasteiger partial charge in [-0.15, -0.1) is 0 Å². The van der Waals surface area contributed by atoms with E-state index in [0.29, 0.717) is 16.9 Å². The third-order valence-corrected chi connectivity index (χ3v) is 7.80. The summed E-state index contributed by atoms with van der Waals surface area (Å²) in [7, 11) is -3.87. The number of aromatic hydroxyl groups is 1. The fourth-order valence-electron chi connectivity index (χ4n) is 3.92. The predicted octanol–water partition coefficient (Wildman–Crippen LogP) is 3.30. The van der Waals surface area contributed by atoms with Crippen LogP contribution in [-0.4, -0.2) is 54.8 Å². The average Bonchev–Trinajstić information content (AvgIpc) is 2.88. The van der Waals surface area contributed by atoms with Gasteiger partial charge < -0.3 is 14.7 Å². The van der Waals surface area contributed by atoms with Gasteiger partial charge >= 0.3 is 0 Å². The van der Waals surface area contributed by atoms with Crippen LogP contribution in [0.15, 0.2) is 71.6 Å². The van der Waals surface area contributed by atoms with Gasteiger partial charge in [-0.2, -0.15) is 9.57 Å². The van der Waals surface area contributed by atoms with E-state index in [1.165, 1.54) is 16.4 Å². The molecule has 0 spiro atoms. The lowest BCUT2D eigenvalue weighted by molar-refractivity contribution is 0.0697. The number of ether oxygens (including phenoxy) is 1. The number of rotatable bonds is 6. The predicted molar refractivity (Wildman–Crippen MR) is 129 cm³/mol. The Kier molecular flexibility index (Phi) is 7.05. The van der Waals surface area contributed by atoms with E-state index >= 15 is 0 Å². The van der Waals surface area contributed by atoms with Gasteiger partial charge in [0.25, 0.3) is 5.91 Å². The van der Waals surface area contributed by atoms with Crippen molar-refractivity contribution in [3.8, 4) is 17.6 Å². The number of phenols is 1. The molecular formula is C26H25N3O5S. The number of aryl methyl sites for hydroxylation is 1. The highest BCUT2D eigenvalue weighted by Gasteiger charge is 2.32. The number of benzene rings is 3. The fourth-order valence-corrected chi connectivity index (χ4v) is 5.51. The van der Waals surface area contributed by atoms with Crippen molar-refractivity contribution in [1.82, 2.24) is 9.21 Å². The minimum Gasteiger partial charge on any atom is -0.507 e. The van der Waals surface area contributed by atoms with E-state index in [-0.39, 0.29) is 49.3 Å². The van der Waals surface area contributed by atoms with E-state index < -0.39 is 10.0 Å². The normalized spacial score (nSPS) is 14.3. The summed E-state index contributed by atoms with van der Waals surface area (Å²) in [5.74, 6) is -0.00799. The molecule has 1 fully saturated rings. The first kappa shape index (κ1) is 24.3. The molecule has 1 N–H and O–H groups in total. The van der Waals surface area contributed by atoms with Gasteiger partial charge in [-0.3, -0.25) is 4.79 Å². The number of hydrogen-bond acceptors (Lipinski definition) is 6. The maximum Gasteiger partial charge on any atom is 0.254 e. The summed E-state index contributed by atoms with van der Waals surface area (Å²) in [6, 6.07) is 20.5. The Labute approximate surface area is 204 Å². The summed E-state index contributed by atoms with van der Waals surface area (Å²) in [5.41, 5.74) is 2.45. The Morgan fingerprint density at radius 1 is 1.03 bits per heavy atom. The van der Waals surface area contributed by atoms with Crippen LogP contribution in [0, 0.1) is 18.3 Å². The molecule has 0 bridgehead atoms. The summed E-state index contributed by atoms with van der Waals surface area (Å²) in [6.45, 7) is 2.67. The largest absolute Gasteiger partial charge is 0.507 e. The van der Waals surface area contributed by atoms with Crippen molar-refractivity contribution >= 4 is 15.9 Å². The van der Waals surface area contributed by atoms with E-state index in [0.717, 1.165) is 11.1 Å². The van der Waals surface area contributed by atoms with Crippen molar-refractivity contribution < 1.29 is 23.1 Å². The van der Waals surface area contributed by atoms with Gasteiger partial charge in [0.1, 0.15) is 23.0 Å². The number of amides is 1. The quantitative estimate of drug-likeness (QED) is 0.566. The molecule has 0 saturated carbocycles. The number of carbonyl (C=O) groups is 1. The van der Waals surface area contributed by atoms with Crippen molar-refractivity contribution in [2.45, 2.75) is 18.4 Å². The molecule has 0 unspecified atom stereocenters. The van der Waals surface area contributed by atoms with E-state index in [1.807, 2.05) is 12.1 Å². The van der Waals surface area contributed by atoms with Crippen LogP contribution in [0.2, 0.25) is 0 Å². The molecule has 180 valence electrons. The molecule has 8 nitrogen and oxygen atoms in total. The first-order chi connectivity index (χ1) is 16.8. The molecule has 0 radical (unpaired) electrons. The summed E-state index contributed by atoms with van der Waals surface area (Å²) in [6.07, 6.45) is 0. The van der Waals surface area contributed by atoms with E-state index in [9.17, 15) is 23.6 Å². The molecule has 0 aromatic heterocycles. The topological polar surface area (TPSA) is 111 Å². The van der Waals surface area contributed by atoms with Crippen molar-refractivity contribution in [3.63, 3.8) is 0 Å². The molecule has 1 heterocycles. The minimum absolute atomic E-state index is 0.125. The standard InChI is InChI=1S/C26H25N3O5S/c1-19-9-10-24(30)25(15-19)35(32,33)29-13-11-28(12-14-29)26(31)20-7-4-8-23(16-20)34-18-22-6-3-2-5-21(22)17-27/h2-10,15-16,30H,11-14,18H2,1H3. The van der Waals surface area contributed by atoms with Crippen LogP contribution in [0.1, 0.15) is 27.0 Å². The van der Waals surface area contributed by atoms with Gasteiger partial charge in [-0.25, -0.2) is 8.42 Å². The highest BCUT2D eigenvalue weighted by atomic mass is 32.2. The SMILES string of the molecule is Cc1ccc(O)c(S(=O)(=O)N2CCN(C(=O)c3cccc(OCc4ccccc4C#N)c3)CC2)c1. The number of piperazine rings is 1. The average molecular weight is 492 g/mol. The molecule has 4 rings (SSSR count). The molecule has 9 heteroatoms. The molecule has 1 saturated heterocycles. The van der Waals surface area contributed by atoms with Crippen molar-refractivity contribution in [3.05, 3.63) is 89.0 Å². The smallest absolute Gasteiger partial charge is 0.254 e. The Morgan fingerprint density at radius 2 is 1.77 bits per heavy atom. The number of nitriles is 1. The summed E-state index contributed by atoms with van der Waals surface area (Å²) >= 11 is 0. The van der Waals surface area contributed by atoms with Gasteiger partial charge in [-0.1, -0.05) is 30.3 Å². The third kappa shape index (κ3) is 5.29. The second-order valence-electron chi connectivity index (χ2n) is 8.25. The maximum absolute atomic E-state index is 13.1. The molecule has 1 aliphatic rings. The zero-order valence-corrected chi connectivity index (χ0v) is 20.0. The highest BCUT2D eigenvalue weighted by Crippen LogP contribution is 2.28. The van der Waals surface area contributed by atoms with Crippen LogP contribution >= 0.6 is 0 Å². The summed E-state index contributed by atoms with van der Waals surface area (Å²) in [4.78, 5) is 14.5. The highest BCUT2D eigenvalue weighted by molar-refractivity contribution is 7.89. The molecule has 0 atom stereocenters. The second kappa shape index (κ2) is 10.2. The lowest BCUT2D eigenvalue weighted by Gasteiger charge is -2.34. The van der Waals surface area contributed by atoms with E-state index in [4.69, 9.17) is 4.74 Å². The van der Waals surface area contributed by atoms with Crippen LogP contribution in [0.4, 0.5) is 0 Å². The number of phenolic OH excluding ortho intramolecular Hbond substituents is 1. The Hall–Kier alpha value is -3.87. The van der Waals surface area contributed by atoms with Gasteiger partial charge in [0.15, 0.2) is 0 Å². The molecule has 35 heavy (non-hydrogen) atoms. The maximum atomic E-state index is 13.1. The monoisotopic (exact) mass is 491 g/mol. The minimum atomic E-state index is -3.87. The molecule has 0 aliphatic carbocycles. The second-order valence-corrected chi connectivity index (χ2v) is 10.2. The number of carbonyl (C=O) groups excluding carboxylic acids is 1. The van der Waals surface area contributed by atoms with Gasteiger partial charge in [0.05, 0.1) is 11.6 Å². The van der Waals surface area contributed by atoms with Crippen molar-refractivity contribution in [1.29, 1.82) is 5.26 Å². The Bertz CT molecular complexity index is 1390. The fraction of sp³-hybridized carbons (Fsp3) is 0.231. The van der Waals surface area contributed by atoms with Crippen LogP contribution in [0.5, 0.6) is 11.5 Å². The number of nitrogens with zero attached hydrogens (tertiary/aromatic N) is 3. The van der Waals surface area contributed by atoms with Gasteiger partial charge in [0, 0.05) is 37.3 Å². The van der Waals surface area contributed by atoms with Crippen LogP contribution < -0.4 is 4.74 Å². The zero-order chi connectivity index (χ0) is 25.0. The first-order valence-corrected chi connectivity index (χ1v) is 12.5. The number of sulfonamides is 1. The van der Waals surface area contributed by atoms with E-state index in [1.54, 1.807) is 54.3 Å². The Morgan fingerprint density at radius 3 is 2.51 bits per heavy atom. The molecule has 3 aromatic rings. The Balaban J connectivity index is 1.41. The molecule has 1 aliphatic heterocycles. The van der Waals surface area contributed by atoms with Gasteiger partial charge in [-0.05, 0) is 48.9 Å². The van der Waals surface area contributed by atoms with Crippen LogP contribution in [0.25, 0.3) is 0 Å². The first-order valence-electron chi connectivity index (χ1n) is 11.1. The summed E-state index contributed by atoms with van der Waals surface area (Å²) in [5, 5.41) is 19.3. The van der Waals surface area contributed by atoms with Crippen LogP contribution in [-0.2, 0) is 16.6 Å². The van der Waals surface area contributed by atoms with Crippen molar-refractivity contribution in [2.75, 3.05) is 26.2 Å². The van der Waals surface area contributed by atoms with Crippen molar-refractivity contribution in [2.24, 2.45) is 0 Å².